The summed E-state index contributed by atoms with van der Waals surface area (Å²) < 4.78 is 13.8. The Hall–Kier alpha value is -2.95. The minimum atomic E-state index is -0.507. The van der Waals surface area contributed by atoms with Crippen molar-refractivity contribution in [3.05, 3.63) is 75.8 Å². The molecule has 1 aliphatic heterocycles. The lowest BCUT2D eigenvalue weighted by Crippen LogP contribution is -2.38. The van der Waals surface area contributed by atoms with Crippen LogP contribution in [-0.4, -0.2) is 17.4 Å². The normalized spacial score (nSPS) is 13.8. The molecule has 0 atom stereocenters. The lowest BCUT2D eigenvalue weighted by Gasteiger charge is -2.29. The Kier molecular flexibility index (Phi) is 3.41. The molecule has 0 saturated carbocycles. The van der Waals surface area contributed by atoms with E-state index in [0.717, 1.165) is 24.1 Å². The number of halogens is 1. The first kappa shape index (κ1) is 14.6. The number of H-pyrrole nitrogens is 1. The van der Waals surface area contributed by atoms with Crippen LogP contribution >= 0.6 is 0 Å². The van der Waals surface area contributed by atoms with E-state index < -0.39 is 11.2 Å². The predicted octanol–water partition coefficient (Wildman–Crippen LogP) is 3.26. The van der Waals surface area contributed by atoms with E-state index in [2.05, 4.69) is 4.98 Å². The van der Waals surface area contributed by atoms with Crippen LogP contribution in [0.25, 0.3) is 10.9 Å². The fourth-order valence-electron chi connectivity index (χ4n) is 3.26. The smallest absolute Gasteiger partial charge is 0.263 e. The van der Waals surface area contributed by atoms with E-state index in [-0.39, 0.29) is 22.4 Å². The zero-order valence-corrected chi connectivity index (χ0v) is 12.9. The van der Waals surface area contributed by atoms with Gasteiger partial charge in [-0.3, -0.25) is 9.59 Å². The molecule has 1 aromatic heterocycles. The molecule has 2 heterocycles. The van der Waals surface area contributed by atoms with Gasteiger partial charge in [0.1, 0.15) is 11.4 Å². The SMILES string of the molecule is O=C(c1c[nH]c2c(F)cccc2c1=O)N1CCCc2ccccc21. The highest BCUT2D eigenvalue weighted by Gasteiger charge is 2.25. The van der Waals surface area contributed by atoms with Crippen molar-refractivity contribution in [2.75, 3.05) is 11.4 Å². The van der Waals surface area contributed by atoms with E-state index in [4.69, 9.17) is 0 Å². The van der Waals surface area contributed by atoms with Crippen LogP contribution in [-0.2, 0) is 6.42 Å². The molecule has 0 aliphatic carbocycles. The van der Waals surface area contributed by atoms with Crippen LogP contribution in [0.5, 0.6) is 0 Å². The zero-order valence-electron chi connectivity index (χ0n) is 12.9. The second-order valence-corrected chi connectivity index (χ2v) is 5.88. The Labute approximate surface area is 137 Å². The van der Waals surface area contributed by atoms with E-state index in [1.54, 1.807) is 4.90 Å². The highest BCUT2D eigenvalue weighted by atomic mass is 19.1. The van der Waals surface area contributed by atoms with Crippen LogP contribution in [0.1, 0.15) is 22.3 Å². The number of anilines is 1. The summed E-state index contributed by atoms with van der Waals surface area (Å²) in [7, 11) is 0. The maximum atomic E-state index is 13.8. The average molecular weight is 322 g/mol. The first-order valence-corrected chi connectivity index (χ1v) is 7.86. The maximum absolute atomic E-state index is 13.8. The Balaban J connectivity index is 1.83. The molecule has 0 fully saturated rings. The van der Waals surface area contributed by atoms with E-state index in [9.17, 15) is 14.0 Å². The third-order valence-corrected chi connectivity index (χ3v) is 4.45. The number of amides is 1. The van der Waals surface area contributed by atoms with Gasteiger partial charge in [-0.15, -0.1) is 0 Å². The fraction of sp³-hybridized carbons (Fsp3) is 0.158. The number of hydrogen-bond acceptors (Lipinski definition) is 2. The van der Waals surface area contributed by atoms with Crippen molar-refractivity contribution >= 4 is 22.5 Å². The van der Waals surface area contributed by atoms with Crippen LogP contribution in [0, 0.1) is 5.82 Å². The Morgan fingerprint density at radius 1 is 1.12 bits per heavy atom. The molecule has 0 saturated heterocycles. The number of fused-ring (bicyclic) bond motifs is 2. The number of aromatic amines is 1. The summed E-state index contributed by atoms with van der Waals surface area (Å²) in [5.41, 5.74) is 1.65. The lowest BCUT2D eigenvalue weighted by molar-refractivity contribution is 0.0984. The summed E-state index contributed by atoms with van der Waals surface area (Å²) in [5.74, 6) is -0.860. The van der Waals surface area contributed by atoms with Gasteiger partial charge in [0.05, 0.1) is 5.52 Å². The molecule has 24 heavy (non-hydrogen) atoms. The van der Waals surface area contributed by atoms with Gasteiger partial charge in [-0.2, -0.15) is 0 Å². The average Bonchev–Trinajstić information content (AvgIpc) is 2.62. The van der Waals surface area contributed by atoms with Gasteiger partial charge in [-0.1, -0.05) is 24.3 Å². The summed E-state index contributed by atoms with van der Waals surface area (Å²) >= 11 is 0. The summed E-state index contributed by atoms with van der Waals surface area (Å²) in [6, 6.07) is 12.0. The minimum absolute atomic E-state index is 0.0322. The number of nitrogens with zero attached hydrogens (tertiary/aromatic N) is 1. The van der Waals surface area contributed by atoms with Crippen LogP contribution in [0.4, 0.5) is 10.1 Å². The number of carbonyl (C=O) groups is 1. The second-order valence-electron chi connectivity index (χ2n) is 5.88. The van der Waals surface area contributed by atoms with Crippen molar-refractivity contribution in [2.45, 2.75) is 12.8 Å². The van der Waals surface area contributed by atoms with Gasteiger partial charge in [0.25, 0.3) is 5.91 Å². The number of para-hydroxylation sites is 2. The fourth-order valence-corrected chi connectivity index (χ4v) is 3.26. The minimum Gasteiger partial charge on any atom is -0.358 e. The topological polar surface area (TPSA) is 53.2 Å². The molecule has 4 nitrogen and oxygen atoms in total. The molecular weight excluding hydrogens is 307 g/mol. The number of nitrogens with one attached hydrogen (secondary N) is 1. The maximum Gasteiger partial charge on any atom is 0.263 e. The van der Waals surface area contributed by atoms with Gasteiger partial charge in [0.15, 0.2) is 0 Å². The summed E-state index contributed by atoms with van der Waals surface area (Å²) in [6.45, 7) is 0.566. The van der Waals surface area contributed by atoms with Crippen LogP contribution < -0.4 is 10.3 Å². The lowest BCUT2D eigenvalue weighted by atomic mass is 10.0. The summed E-state index contributed by atoms with van der Waals surface area (Å²) in [5, 5.41) is 0.186. The van der Waals surface area contributed by atoms with Crippen LogP contribution in [0.2, 0.25) is 0 Å². The third-order valence-electron chi connectivity index (χ3n) is 4.45. The van der Waals surface area contributed by atoms with Crippen molar-refractivity contribution < 1.29 is 9.18 Å². The molecule has 1 amide bonds. The third kappa shape index (κ3) is 2.21. The van der Waals surface area contributed by atoms with Crippen molar-refractivity contribution in [2.24, 2.45) is 0 Å². The molecule has 120 valence electrons. The van der Waals surface area contributed by atoms with E-state index in [1.165, 1.54) is 24.4 Å². The molecule has 0 radical (unpaired) electrons. The van der Waals surface area contributed by atoms with Crippen LogP contribution in [0.15, 0.2) is 53.5 Å². The molecule has 4 rings (SSSR count). The van der Waals surface area contributed by atoms with E-state index in [0.29, 0.717) is 6.54 Å². The molecule has 1 N–H and O–H groups in total. The molecule has 3 aromatic rings. The number of carbonyl (C=O) groups excluding carboxylic acids is 1. The predicted molar refractivity (Wildman–Crippen MR) is 91.0 cm³/mol. The van der Waals surface area contributed by atoms with Crippen LogP contribution in [0.3, 0.4) is 0 Å². The highest BCUT2D eigenvalue weighted by Crippen LogP contribution is 2.27. The zero-order chi connectivity index (χ0) is 16.7. The Bertz CT molecular complexity index is 1010. The van der Waals surface area contributed by atoms with E-state index in [1.807, 2.05) is 24.3 Å². The quantitative estimate of drug-likeness (QED) is 0.747. The van der Waals surface area contributed by atoms with Crippen molar-refractivity contribution in [1.82, 2.24) is 4.98 Å². The van der Waals surface area contributed by atoms with Crippen molar-refractivity contribution in [1.29, 1.82) is 0 Å². The molecule has 5 heteroatoms. The van der Waals surface area contributed by atoms with Gasteiger partial charge >= 0.3 is 0 Å². The van der Waals surface area contributed by atoms with Crippen molar-refractivity contribution in [3.63, 3.8) is 0 Å². The summed E-state index contributed by atoms with van der Waals surface area (Å²) in [4.78, 5) is 30.0. The second kappa shape index (κ2) is 5.60. The van der Waals surface area contributed by atoms with Crippen molar-refractivity contribution in [3.8, 4) is 0 Å². The number of aromatic nitrogens is 1. The molecule has 1 aliphatic rings. The highest BCUT2D eigenvalue weighted by molar-refractivity contribution is 6.07. The van der Waals surface area contributed by atoms with Gasteiger partial charge in [0.2, 0.25) is 5.43 Å². The standard InChI is InChI=1S/C19H15FN2O2/c20-15-8-3-7-13-17(15)21-11-14(18(13)23)19(24)22-10-4-6-12-5-1-2-9-16(12)22/h1-3,5,7-9,11H,4,6,10H2,(H,21,23). The number of pyridine rings is 1. The number of rotatable bonds is 1. The van der Waals surface area contributed by atoms with E-state index >= 15 is 0 Å². The largest absolute Gasteiger partial charge is 0.358 e. The van der Waals surface area contributed by atoms with Gasteiger partial charge in [-0.05, 0) is 36.6 Å². The number of aryl methyl sites for hydroxylation is 1. The number of benzene rings is 2. The molecule has 0 bridgehead atoms. The first-order chi connectivity index (χ1) is 11.7. The number of hydrogen-bond donors (Lipinski definition) is 1. The summed E-state index contributed by atoms with van der Waals surface area (Å²) in [6.07, 6.45) is 3.08. The van der Waals surface area contributed by atoms with Gasteiger partial charge in [-0.25, -0.2) is 4.39 Å². The molecular formula is C19H15FN2O2. The molecule has 2 aromatic carbocycles. The molecule has 0 unspecified atom stereocenters. The Morgan fingerprint density at radius 2 is 1.96 bits per heavy atom. The molecule has 0 spiro atoms. The van der Waals surface area contributed by atoms with Gasteiger partial charge in [0, 0.05) is 23.8 Å². The Morgan fingerprint density at radius 3 is 2.83 bits per heavy atom. The monoisotopic (exact) mass is 322 g/mol. The first-order valence-electron chi connectivity index (χ1n) is 7.86. The van der Waals surface area contributed by atoms with Gasteiger partial charge < -0.3 is 9.88 Å².